The highest BCUT2D eigenvalue weighted by Crippen LogP contribution is 2.19. The van der Waals surface area contributed by atoms with Crippen molar-refractivity contribution in [3.63, 3.8) is 0 Å². The van der Waals surface area contributed by atoms with Crippen LogP contribution in [-0.4, -0.2) is 11.8 Å². The Kier molecular flexibility index (Phi) is 7.50. The minimum absolute atomic E-state index is 0.296. The zero-order chi connectivity index (χ0) is 19.6. The number of carbonyl (C=O) groups is 2. The lowest BCUT2D eigenvalue weighted by atomic mass is 10.0. The Balaban J connectivity index is 0.000000208. The van der Waals surface area contributed by atoms with Gasteiger partial charge in [-0.15, -0.1) is 0 Å². The van der Waals surface area contributed by atoms with Crippen molar-refractivity contribution in [2.45, 2.75) is 26.2 Å². The van der Waals surface area contributed by atoms with E-state index in [1.807, 2.05) is 0 Å². The van der Waals surface area contributed by atoms with Crippen LogP contribution in [0.5, 0.6) is 0 Å². The smallest absolute Gasteiger partial charge is 0.258 e. The lowest BCUT2D eigenvalue weighted by Crippen LogP contribution is -2.22. The number of imide groups is 1. The summed E-state index contributed by atoms with van der Waals surface area (Å²) in [6, 6.07) is 19.5. The van der Waals surface area contributed by atoms with Crippen molar-refractivity contribution >= 4 is 11.8 Å². The highest BCUT2D eigenvalue weighted by molar-refractivity contribution is 6.21. The van der Waals surface area contributed by atoms with Crippen LogP contribution in [0.25, 0.3) is 11.1 Å². The third-order valence-electron chi connectivity index (χ3n) is 4.29. The Bertz CT molecular complexity index is 818. The summed E-state index contributed by atoms with van der Waals surface area (Å²) in [5.41, 5.74) is 4.64. The van der Waals surface area contributed by atoms with Gasteiger partial charge in [-0.25, -0.2) is 0 Å². The second-order valence-corrected chi connectivity index (χ2v) is 6.19. The maximum absolute atomic E-state index is 10.9. The molecule has 1 heterocycles. The SMILES string of the molecule is C=CC1=C(C=C)C(=O)NC1=O.CCCCc1ccc(-c2ccccc2)cc1. The fourth-order valence-corrected chi connectivity index (χ4v) is 2.76. The number of benzene rings is 2. The Hall–Kier alpha value is -3.20. The van der Waals surface area contributed by atoms with E-state index in [-0.39, 0.29) is 0 Å². The van der Waals surface area contributed by atoms with Crippen molar-refractivity contribution in [1.29, 1.82) is 0 Å². The summed E-state index contributed by atoms with van der Waals surface area (Å²) in [4.78, 5) is 21.8. The molecule has 0 bridgehead atoms. The first-order valence-corrected chi connectivity index (χ1v) is 9.09. The van der Waals surface area contributed by atoms with E-state index in [1.165, 1.54) is 48.1 Å². The zero-order valence-electron chi connectivity index (χ0n) is 15.7. The lowest BCUT2D eigenvalue weighted by molar-refractivity contribution is -0.123. The van der Waals surface area contributed by atoms with Crippen LogP contribution in [0.1, 0.15) is 25.3 Å². The van der Waals surface area contributed by atoms with Crippen molar-refractivity contribution in [2.75, 3.05) is 0 Å². The molecule has 2 aromatic rings. The maximum Gasteiger partial charge on any atom is 0.258 e. The number of hydrogen-bond donors (Lipinski definition) is 1. The van der Waals surface area contributed by atoms with E-state index in [2.05, 4.69) is 80.0 Å². The topological polar surface area (TPSA) is 46.2 Å². The molecule has 3 rings (SSSR count). The third kappa shape index (κ3) is 5.38. The summed E-state index contributed by atoms with van der Waals surface area (Å²) < 4.78 is 0. The van der Waals surface area contributed by atoms with Gasteiger partial charge in [0.05, 0.1) is 11.1 Å². The van der Waals surface area contributed by atoms with Gasteiger partial charge in [0.1, 0.15) is 0 Å². The van der Waals surface area contributed by atoms with Crippen molar-refractivity contribution in [1.82, 2.24) is 5.32 Å². The van der Waals surface area contributed by atoms with Gasteiger partial charge in [0.25, 0.3) is 11.8 Å². The highest BCUT2D eigenvalue weighted by Gasteiger charge is 2.25. The molecule has 27 heavy (non-hydrogen) atoms. The summed E-state index contributed by atoms with van der Waals surface area (Å²) >= 11 is 0. The third-order valence-corrected chi connectivity index (χ3v) is 4.29. The van der Waals surface area contributed by atoms with E-state index in [4.69, 9.17) is 0 Å². The number of nitrogens with one attached hydrogen (secondary N) is 1. The predicted octanol–water partition coefficient (Wildman–Crippen LogP) is 5.01. The van der Waals surface area contributed by atoms with Gasteiger partial charge < -0.3 is 0 Å². The molecule has 2 amide bonds. The average molecular weight is 359 g/mol. The molecule has 0 saturated heterocycles. The molecule has 0 aromatic heterocycles. The summed E-state index contributed by atoms with van der Waals surface area (Å²) in [7, 11) is 0. The first kappa shape index (κ1) is 20.1. The number of rotatable bonds is 6. The number of carbonyl (C=O) groups excluding carboxylic acids is 2. The molecule has 0 saturated carbocycles. The molecule has 1 N–H and O–H groups in total. The second-order valence-electron chi connectivity index (χ2n) is 6.19. The Morgan fingerprint density at radius 3 is 1.81 bits per heavy atom. The molecule has 0 spiro atoms. The van der Waals surface area contributed by atoms with Crippen LogP contribution < -0.4 is 5.32 Å². The fraction of sp³-hybridized carbons (Fsp3) is 0.167. The van der Waals surface area contributed by atoms with Crippen LogP contribution in [-0.2, 0) is 16.0 Å². The molecule has 1 aliphatic rings. The highest BCUT2D eigenvalue weighted by atomic mass is 16.2. The van der Waals surface area contributed by atoms with E-state index in [1.54, 1.807) is 0 Å². The first-order valence-electron chi connectivity index (χ1n) is 9.09. The van der Waals surface area contributed by atoms with Crippen LogP contribution in [0.15, 0.2) is 91.1 Å². The monoisotopic (exact) mass is 359 g/mol. The van der Waals surface area contributed by atoms with E-state index < -0.39 is 11.8 Å². The number of unbranched alkanes of at least 4 members (excludes halogenated alkanes) is 1. The van der Waals surface area contributed by atoms with Crippen molar-refractivity contribution in [2.24, 2.45) is 0 Å². The Morgan fingerprint density at radius 2 is 1.33 bits per heavy atom. The van der Waals surface area contributed by atoms with Crippen molar-refractivity contribution in [3.05, 3.63) is 96.6 Å². The first-order chi connectivity index (χ1) is 13.1. The number of hydrogen-bond acceptors (Lipinski definition) is 2. The largest absolute Gasteiger partial charge is 0.288 e. The molecule has 0 unspecified atom stereocenters. The average Bonchev–Trinajstić information content (AvgIpc) is 3.00. The maximum atomic E-state index is 10.9. The van der Waals surface area contributed by atoms with Gasteiger partial charge in [-0.3, -0.25) is 14.9 Å². The predicted molar refractivity (Wildman–Crippen MR) is 111 cm³/mol. The lowest BCUT2D eigenvalue weighted by Gasteiger charge is -2.03. The molecule has 2 aromatic carbocycles. The van der Waals surface area contributed by atoms with Gasteiger partial charge >= 0.3 is 0 Å². The minimum Gasteiger partial charge on any atom is -0.288 e. The normalized spacial score (nSPS) is 12.9. The molecule has 3 nitrogen and oxygen atoms in total. The molecule has 1 aliphatic heterocycles. The van der Waals surface area contributed by atoms with E-state index in [0.717, 1.165) is 0 Å². The summed E-state index contributed by atoms with van der Waals surface area (Å²) in [6.45, 7) is 9.05. The van der Waals surface area contributed by atoms with Crippen LogP contribution >= 0.6 is 0 Å². The van der Waals surface area contributed by atoms with Gasteiger partial charge in [-0.2, -0.15) is 0 Å². The van der Waals surface area contributed by atoms with E-state index >= 15 is 0 Å². The second kappa shape index (κ2) is 10.1. The van der Waals surface area contributed by atoms with E-state index in [0.29, 0.717) is 11.1 Å². The Morgan fingerprint density at radius 1 is 0.815 bits per heavy atom. The zero-order valence-corrected chi connectivity index (χ0v) is 15.7. The van der Waals surface area contributed by atoms with Gasteiger partial charge in [-0.05, 0) is 29.5 Å². The van der Waals surface area contributed by atoms with Crippen LogP contribution in [0.2, 0.25) is 0 Å². The standard InChI is InChI=1S/C16H18.C8H7NO2/c1-2-3-7-14-10-12-16(13-11-14)15-8-5-4-6-9-15;1-3-5-6(4-2)8(11)9-7(5)10/h4-6,8-13H,2-3,7H2,1H3;3-4H,1-2H2,(H,9,10,11). The molecule has 0 atom stereocenters. The van der Waals surface area contributed by atoms with Gasteiger partial charge in [0.15, 0.2) is 0 Å². The van der Waals surface area contributed by atoms with Gasteiger partial charge in [0.2, 0.25) is 0 Å². The minimum atomic E-state index is -0.403. The molecule has 138 valence electrons. The molecular formula is C24H25NO2. The molecule has 0 radical (unpaired) electrons. The van der Waals surface area contributed by atoms with Gasteiger partial charge in [0, 0.05) is 0 Å². The van der Waals surface area contributed by atoms with E-state index in [9.17, 15) is 9.59 Å². The van der Waals surface area contributed by atoms with Crippen molar-refractivity contribution < 1.29 is 9.59 Å². The van der Waals surface area contributed by atoms with Crippen LogP contribution in [0, 0.1) is 0 Å². The number of aryl methyl sites for hydroxylation is 1. The fourth-order valence-electron chi connectivity index (χ4n) is 2.76. The summed E-state index contributed by atoms with van der Waals surface area (Å²) in [5.74, 6) is -0.806. The molecule has 0 aliphatic carbocycles. The summed E-state index contributed by atoms with van der Waals surface area (Å²) in [6.07, 6.45) is 6.44. The molecule has 3 heteroatoms. The van der Waals surface area contributed by atoms with Crippen LogP contribution in [0.4, 0.5) is 0 Å². The molecule has 0 fully saturated rings. The quantitative estimate of drug-likeness (QED) is 0.737. The van der Waals surface area contributed by atoms with Gasteiger partial charge in [-0.1, -0.05) is 93.3 Å². The summed E-state index contributed by atoms with van der Waals surface area (Å²) in [5, 5.41) is 2.12. The van der Waals surface area contributed by atoms with Crippen LogP contribution in [0.3, 0.4) is 0 Å². The molecular weight excluding hydrogens is 334 g/mol. The van der Waals surface area contributed by atoms with Crippen molar-refractivity contribution in [3.8, 4) is 11.1 Å². The Labute approximate surface area is 161 Å². The number of amides is 2.